The summed E-state index contributed by atoms with van der Waals surface area (Å²) in [6.45, 7) is -0.0450. The van der Waals surface area contributed by atoms with E-state index in [2.05, 4.69) is 149 Å². The molecule has 1 N–H and O–H groups in total. The van der Waals surface area contributed by atoms with Crippen LogP contribution in [0.3, 0.4) is 0 Å². The summed E-state index contributed by atoms with van der Waals surface area (Å²) in [5.41, 5.74) is 13.7. The average Bonchev–Trinajstić information content (AvgIpc) is 3.94. The van der Waals surface area contributed by atoms with Crippen LogP contribution in [0, 0.1) is 0 Å². The molecule has 0 atom stereocenters. The van der Waals surface area contributed by atoms with Gasteiger partial charge in [-0.05, 0) is 113 Å². The highest BCUT2D eigenvalue weighted by molar-refractivity contribution is 6.10. The number of para-hydroxylation sites is 2. The number of aliphatic hydroxyl groups excluding tert-OH is 1. The van der Waals surface area contributed by atoms with E-state index in [4.69, 9.17) is 24.1 Å². The molecule has 3 heterocycles. The Morgan fingerprint density at radius 1 is 0.448 bits per heavy atom. The van der Waals surface area contributed by atoms with E-state index >= 15 is 0 Å². The fourth-order valence-corrected chi connectivity index (χ4v) is 9.13. The minimum atomic E-state index is -0.0450. The van der Waals surface area contributed by atoms with Gasteiger partial charge in [-0.25, -0.2) is 4.98 Å². The number of furan rings is 1. The number of aromatic nitrogens is 4. The van der Waals surface area contributed by atoms with Gasteiger partial charge in [-0.15, -0.1) is 0 Å². The zero-order chi connectivity index (χ0) is 44.8. The second-order valence-electron chi connectivity index (χ2n) is 16.5. The van der Waals surface area contributed by atoms with Crippen LogP contribution >= 0.6 is 0 Å². The third-order valence-corrected chi connectivity index (χ3v) is 12.6. The van der Waals surface area contributed by atoms with Gasteiger partial charge in [0.25, 0.3) is 0 Å². The first kappa shape index (κ1) is 39.7. The van der Waals surface area contributed by atoms with Gasteiger partial charge < -0.3 is 19.2 Å². The van der Waals surface area contributed by atoms with Crippen LogP contribution in [0.15, 0.2) is 217 Å². The summed E-state index contributed by atoms with van der Waals surface area (Å²) in [6, 6.07) is 73.0. The minimum absolute atomic E-state index is 0.0450. The summed E-state index contributed by atoms with van der Waals surface area (Å²) in [6.07, 6.45) is 0. The molecule has 0 saturated heterocycles. The molecule has 9 aromatic carbocycles. The Labute approximate surface area is 386 Å². The maximum absolute atomic E-state index is 9.74. The van der Waals surface area contributed by atoms with Crippen LogP contribution in [0.1, 0.15) is 5.56 Å². The maximum atomic E-state index is 9.74. The quantitative estimate of drug-likeness (QED) is 0.146. The van der Waals surface area contributed by atoms with Crippen LogP contribution in [0.4, 0.5) is 17.1 Å². The molecule has 0 amide bonds. The summed E-state index contributed by atoms with van der Waals surface area (Å²) in [5, 5.41) is 14.1. The van der Waals surface area contributed by atoms with E-state index in [1.54, 1.807) is 7.11 Å². The highest BCUT2D eigenvalue weighted by Crippen LogP contribution is 2.41. The van der Waals surface area contributed by atoms with Crippen molar-refractivity contribution >= 4 is 60.8 Å². The lowest BCUT2D eigenvalue weighted by Crippen LogP contribution is -2.09. The van der Waals surface area contributed by atoms with Gasteiger partial charge in [-0.2, -0.15) is 9.97 Å². The van der Waals surface area contributed by atoms with E-state index in [-0.39, 0.29) is 6.61 Å². The van der Waals surface area contributed by atoms with Gasteiger partial charge in [0.15, 0.2) is 11.6 Å². The van der Waals surface area contributed by atoms with Crippen molar-refractivity contribution in [3.63, 3.8) is 0 Å². The Kier molecular flexibility index (Phi) is 9.85. The van der Waals surface area contributed by atoms with Crippen molar-refractivity contribution in [3.05, 3.63) is 218 Å². The lowest BCUT2D eigenvalue weighted by molar-refractivity contribution is 0.282. The zero-order valence-electron chi connectivity index (χ0n) is 36.4. The molecule has 0 unspecified atom stereocenters. The molecule has 0 bridgehead atoms. The third kappa shape index (κ3) is 7.22. The smallest absolute Gasteiger partial charge is 0.238 e. The Morgan fingerprint density at radius 3 is 1.67 bits per heavy atom. The number of ether oxygens (including phenoxy) is 1. The van der Waals surface area contributed by atoms with Crippen molar-refractivity contribution in [1.29, 1.82) is 0 Å². The molecule has 67 heavy (non-hydrogen) atoms. The number of benzene rings is 9. The van der Waals surface area contributed by atoms with E-state index < -0.39 is 0 Å². The molecule has 8 heteroatoms. The van der Waals surface area contributed by atoms with Crippen molar-refractivity contribution in [2.75, 3.05) is 12.0 Å². The SMILES string of the molecule is COc1ccc(-c2nc(-c3ccc(CO)cc3)nc(-n3c4ccccc4c4cc(-c5ccc(N(c6ccc(-c7ccccc7)cc6)c6ccc7c(c6)oc6ccccc67)cc5)ccc43)n2)cc1. The number of nitrogens with zero attached hydrogens (tertiary/aromatic N) is 5. The molecule has 0 fully saturated rings. The number of aliphatic hydroxyl groups is 1. The van der Waals surface area contributed by atoms with Crippen molar-refractivity contribution in [2.45, 2.75) is 6.61 Å². The monoisotopic (exact) mass is 867 g/mol. The van der Waals surface area contributed by atoms with E-state index in [0.717, 1.165) is 99.9 Å². The molecule has 0 radical (unpaired) electrons. The summed E-state index contributed by atoms with van der Waals surface area (Å²) >= 11 is 0. The fourth-order valence-electron chi connectivity index (χ4n) is 9.13. The normalized spacial score (nSPS) is 11.5. The van der Waals surface area contributed by atoms with Crippen molar-refractivity contribution < 1.29 is 14.3 Å². The third-order valence-electron chi connectivity index (χ3n) is 12.6. The largest absolute Gasteiger partial charge is 0.497 e. The topological polar surface area (TPSA) is 89.4 Å². The first-order valence-corrected chi connectivity index (χ1v) is 22.2. The molecule has 3 aromatic heterocycles. The molecule has 0 aliphatic rings. The summed E-state index contributed by atoms with van der Waals surface area (Å²) in [5.74, 6) is 2.32. The second kappa shape index (κ2) is 16.6. The van der Waals surface area contributed by atoms with Crippen molar-refractivity contribution in [3.8, 4) is 56.7 Å². The molecule has 0 aliphatic carbocycles. The van der Waals surface area contributed by atoms with Crippen LogP contribution in [-0.4, -0.2) is 31.7 Å². The number of anilines is 3. The molecule has 0 saturated carbocycles. The summed E-state index contributed by atoms with van der Waals surface area (Å²) in [7, 11) is 1.65. The van der Waals surface area contributed by atoms with Gasteiger partial charge in [0.2, 0.25) is 5.95 Å². The summed E-state index contributed by atoms with van der Waals surface area (Å²) < 4.78 is 14.0. The van der Waals surface area contributed by atoms with E-state index in [1.807, 2.05) is 72.8 Å². The van der Waals surface area contributed by atoms with Crippen LogP contribution in [0.5, 0.6) is 5.75 Å². The van der Waals surface area contributed by atoms with Gasteiger partial charge in [-0.3, -0.25) is 4.57 Å². The lowest BCUT2D eigenvalue weighted by atomic mass is 10.0. The standard InChI is InChI=1S/C59H41N5O3/c1-66-48-31-23-43(24-32-48)58-60-57(42-17-15-38(37-65)16-18-42)61-59(62-58)64-53-13-7-5-11-49(53)52-35-44(25-34-54(52)64)41-21-28-46(29-22-41)63(45-26-19-40(20-27-45)39-9-3-2-4-10-39)47-30-33-51-50-12-6-8-14-55(50)67-56(51)36-47/h2-36,65H,37H2,1H3. The Hall–Kier alpha value is -8.85. The van der Waals surface area contributed by atoms with Crippen LogP contribution in [0.25, 0.3) is 94.7 Å². The lowest BCUT2D eigenvalue weighted by Gasteiger charge is -2.26. The molecule has 0 spiro atoms. The number of rotatable bonds is 10. The highest BCUT2D eigenvalue weighted by Gasteiger charge is 2.20. The number of fused-ring (bicyclic) bond motifs is 6. The van der Waals surface area contributed by atoms with Gasteiger partial charge in [0, 0.05) is 55.8 Å². The molecular weight excluding hydrogens is 827 g/mol. The Bertz CT molecular complexity index is 3680. The van der Waals surface area contributed by atoms with Gasteiger partial charge in [-0.1, -0.05) is 121 Å². The van der Waals surface area contributed by atoms with E-state index in [1.165, 1.54) is 5.56 Å². The van der Waals surface area contributed by atoms with E-state index in [9.17, 15) is 5.11 Å². The van der Waals surface area contributed by atoms with Gasteiger partial charge in [0.1, 0.15) is 16.9 Å². The Balaban J connectivity index is 0.948. The first-order chi connectivity index (χ1) is 33.1. The predicted molar refractivity (Wildman–Crippen MR) is 270 cm³/mol. The highest BCUT2D eigenvalue weighted by atomic mass is 16.5. The molecule has 12 aromatic rings. The van der Waals surface area contributed by atoms with Crippen molar-refractivity contribution in [1.82, 2.24) is 19.5 Å². The molecular formula is C59H41N5O3. The van der Waals surface area contributed by atoms with Crippen LogP contribution in [-0.2, 0) is 6.61 Å². The molecule has 8 nitrogen and oxygen atoms in total. The van der Waals surface area contributed by atoms with Gasteiger partial charge in [0.05, 0.1) is 24.8 Å². The molecule has 12 rings (SSSR count). The Morgan fingerprint density at radius 2 is 0.985 bits per heavy atom. The number of hydrogen-bond donors (Lipinski definition) is 1. The summed E-state index contributed by atoms with van der Waals surface area (Å²) in [4.78, 5) is 17.5. The van der Waals surface area contributed by atoms with Crippen LogP contribution < -0.4 is 9.64 Å². The second-order valence-corrected chi connectivity index (χ2v) is 16.5. The minimum Gasteiger partial charge on any atom is -0.497 e. The molecule has 0 aliphatic heterocycles. The predicted octanol–water partition coefficient (Wildman–Crippen LogP) is 14.5. The zero-order valence-corrected chi connectivity index (χ0v) is 36.4. The van der Waals surface area contributed by atoms with E-state index in [0.29, 0.717) is 17.6 Å². The average molecular weight is 868 g/mol. The number of methoxy groups -OCH3 is 1. The van der Waals surface area contributed by atoms with Crippen LogP contribution in [0.2, 0.25) is 0 Å². The first-order valence-electron chi connectivity index (χ1n) is 22.2. The van der Waals surface area contributed by atoms with Crippen molar-refractivity contribution in [2.24, 2.45) is 0 Å². The van der Waals surface area contributed by atoms with Gasteiger partial charge >= 0.3 is 0 Å². The maximum Gasteiger partial charge on any atom is 0.238 e. The fraction of sp³-hybridized carbons (Fsp3) is 0.0339. The number of hydrogen-bond acceptors (Lipinski definition) is 7. The molecule has 320 valence electrons.